The maximum Gasteiger partial charge on any atom is 0.212 e. The van der Waals surface area contributed by atoms with Gasteiger partial charge in [-0.25, -0.2) is 9.37 Å². The van der Waals surface area contributed by atoms with Crippen LogP contribution in [0.15, 0.2) is 36.5 Å². The average Bonchev–Trinajstić information content (AvgIpc) is 2.48. The van der Waals surface area contributed by atoms with Gasteiger partial charge in [0.1, 0.15) is 5.82 Å². The average molecular weight is 295 g/mol. The fourth-order valence-corrected chi connectivity index (χ4v) is 2.00. The van der Waals surface area contributed by atoms with Crippen molar-refractivity contribution in [2.45, 2.75) is 19.5 Å². The number of pyridine rings is 1. The Bertz CT molecular complexity index is 575. The highest BCUT2D eigenvalue weighted by atomic mass is 35.5. The summed E-state index contributed by atoms with van der Waals surface area (Å²) >= 11 is 5.78. The zero-order valence-electron chi connectivity index (χ0n) is 11.4. The number of nitrogens with one attached hydrogen (secondary N) is 1. The molecule has 0 fully saturated rings. The minimum atomic E-state index is -0.401. The first-order chi connectivity index (χ1) is 9.60. The van der Waals surface area contributed by atoms with E-state index in [9.17, 15) is 4.39 Å². The molecule has 3 nitrogen and oxygen atoms in total. The molecular formula is C15H16ClFN2O. The maximum absolute atomic E-state index is 13.1. The number of halogens is 2. The minimum Gasteiger partial charge on any atom is -0.481 e. The van der Waals surface area contributed by atoms with E-state index >= 15 is 0 Å². The molecule has 106 valence electrons. The molecule has 0 saturated carbocycles. The van der Waals surface area contributed by atoms with E-state index in [0.29, 0.717) is 12.4 Å². The van der Waals surface area contributed by atoms with Gasteiger partial charge in [-0.3, -0.25) is 0 Å². The van der Waals surface area contributed by atoms with E-state index < -0.39 is 5.82 Å². The van der Waals surface area contributed by atoms with Crippen molar-refractivity contribution in [3.8, 4) is 5.88 Å². The van der Waals surface area contributed by atoms with Crippen molar-refractivity contribution >= 4 is 11.6 Å². The Morgan fingerprint density at radius 3 is 2.75 bits per heavy atom. The normalized spacial score (nSPS) is 12.2. The molecule has 0 saturated heterocycles. The lowest BCUT2D eigenvalue weighted by Gasteiger charge is -2.14. The molecule has 0 aliphatic rings. The molecular weight excluding hydrogens is 279 g/mol. The number of rotatable bonds is 5. The maximum atomic E-state index is 13.1. The van der Waals surface area contributed by atoms with Gasteiger partial charge < -0.3 is 10.1 Å². The van der Waals surface area contributed by atoms with Gasteiger partial charge in [-0.2, -0.15) is 0 Å². The van der Waals surface area contributed by atoms with Crippen LogP contribution in [0.2, 0.25) is 5.02 Å². The van der Waals surface area contributed by atoms with Gasteiger partial charge in [0, 0.05) is 24.8 Å². The third kappa shape index (κ3) is 3.68. The molecule has 0 amide bonds. The van der Waals surface area contributed by atoms with Gasteiger partial charge in [-0.15, -0.1) is 0 Å². The Kier molecular flexibility index (Phi) is 4.93. The van der Waals surface area contributed by atoms with Crippen molar-refractivity contribution < 1.29 is 9.13 Å². The molecule has 0 spiro atoms. The summed E-state index contributed by atoms with van der Waals surface area (Å²) in [6.07, 6.45) is 1.76. The molecule has 0 radical (unpaired) electrons. The van der Waals surface area contributed by atoms with Gasteiger partial charge in [0.2, 0.25) is 5.88 Å². The van der Waals surface area contributed by atoms with Gasteiger partial charge in [0.15, 0.2) is 0 Å². The Hall–Kier alpha value is -1.65. The summed E-state index contributed by atoms with van der Waals surface area (Å²) in [6, 6.07) is 8.58. The summed E-state index contributed by atoms with van der Waals surface area (Å²) in [5.74, 6) is 0.189. The van der Waals surface area contributed by atoms with Crippen molar-refractivity contribution in [1.29, 1.82) is 0 Å². The number of hydrogen-bond donors (Lipinski definition) is 1. The standard InChI is InChI=1S/C15H16ClFN2O/c1-10(12-4-5-14(17)13(16)7-12)18-8-11-3-6-15(20-2)19-9-11/h3-7,9-10,18H,8H2,1-2H3. The van der Waals surface area contributed by atoms with Crippen LogP contribution < -0.4 is 10.1 Å². The third-order valence-electron chi connectivity index (χ3n) is 3.06. The van der Waals surface area contributed by atoms with Crippen LogP contribution in [0.3, 0.4) is 0 Å². The number of methoxy groups -OCH3 is 1. The molecule has 0 aliphatic carbocycles. The van der Waals surface area contributed by atoms with Crippen LogP contribution in [0.4, 0.5) is 4.39 Å². The molecule has 2 rings (SSSR count). The topological polar surface area (TPSA) is 34.1 Å². The molecule has 1 aromatic heterocycles. The van der Waals surface area contributed by atoms with E-state index in [1.54, 1.807) is 25.4 Å². The first-order valence-electron chi connectivity index (χ1n) is 6.27. The zero-order chi connectivity index (χ0) is 14.5. The summed E-state index contributed by atoms with van der Waals surface area (Å²) in [7, 11) is 1.58. The van der Waals surface area contributed by atoms with Gasteiger partial charge in [0.05, 0.1) is 12.1 Å². The van der Waals surface area contributed by atoms with Crippen LogP contribution in [0.1, 0.15) is 24.1 Å². The predicted molar refractivity (Wildman–Crippen MR) is 77.5 cm³/mol. The van der Waals surface area contributed by atoms with Crippen molar-refractivity contribution in [2.75, 3.05) is 7.11 Å². The second-order valence-corrected chi connectivity index (χ2v) is 4.89. The Labute approximate surface area is 122 Å². The molecule has 0 bridgehead atoms. The van der Waals surface area contributed by atoms with E-state index in [4.69, 9.17) is 16.3 Å². The van der Waals surface area contributed by atoms with Crippen LogP contribution >= 0.6 is 11.6 Å². The largest absolute Gasteiger partial charge is 0.481 e. The first kappa shape index (κ1) is 14.8. The Balaban J connectivity index is 1.96. The van der Waals surface area contributed by atoms with E-state index in [1.165, 1.54) is 6.07 Å². The zero-order valence-corrected chi connectivity index (χ0v) is 12.1. The number of aromatic nitrogens is 1. The van der Waals surface area contributed by atoms with E-state index in [0.717, 1.165) is 11.1 Å². The lowest BCUT2D eigenvalue weighted by molar-refractivity contribution is 0.397. The van der Waals surface area contributed by atoms with Crippen LogP contribution in [0.25, 0.3) is 0 Å². The molecule has 0 aliphatic heterocycles. The highest BCUT2D eigenvalue weighted by molar-refractivity contribution is 6.30. The molecule has 1 N–H and O–H groups in total. The van der Waals surface area contributed by atoms with E-state index in [1.807, 2.05) is 19.1 Å². The molecule has 1 atom stereocenters. The fraction of sp³-hybridized carbons (Fsp3) is 0.267. The highest BCUT2D eigenvalue weighted by Crippen LogP contribution is 2.21. The van der Waals surface area contributed by atoms with Gasteiger partial charge in [-0.1, -0.05) is 23.7 Å². The SMILES string of the molecule is COc1ccc(CNC(C)c2ccc(F)c(Cl)c2)cn1. The predicted octanol–water partition coefficient (Wildman–Crippen LogP) is 3.73. The lowest BCUT2D eigenvalue weighted by Crippen LogP contribution is -2.18. The van der Waals surface area contributed by atoms with Crippen molar-refractivity contribution in [2.24, 2.45) is 0 Å². The Morgan fingerprint density at radius 2 is 2.15 bits per heavy atom. The summed E-state index contributed by atoms with van der Waals surface area (Å²) < 4.78 is 18.1. The molecule has 20 heavy (non-hydrogen) atoms. The minimum absolute atomic E-state index is 0.0650. The van der Waals surface area contributed by atoms with Crippen LogP contribution in [-0.4, -0.2) is 12.1 Å². The van der Waals surface area contributed by atoms with Crippen LogP contribution in [0.5, 0.6) is 5.88 Å². The summed E-state index contributed by atoms with van der Waals surface area (Å²) in [4.78, 5) is 4.14. The number of hydrogen-bond acceptors (Lipinski definition) is 3. The number of nitrogens with zero attached hydrogens (tertiary/aromatic N) is 1. The number of benzene rings is 1. The molecule has 2 aromatic rings. The summed E-state index contributed by atoms with van der Waals surface area (Å²) in [6.45, 7) is 2.66. The summed E-state index contributed by atoms with van der Waals surface area (Å²) in [5, 5.41) is 3.48. The first-order valence-corrected chi connectivity index (χ1v) is 6.65. The van der Waals surface area contributed by atoms with Gasteiger partial charge >= 0.3 is 0 Å². The van der Waals surface area contributed by atoms with E-state index in [2.05, 4.69) is 10.3 Å². The van der Waals surface area contributed by atoms with E-state index in [-0.39, 0.29) is 11.1 Å². The Morgan fingerprint density at radius 1 is 1.35 bits per heavy atom. The third-order valence-corrected chi connectivity index (χ3v) is 3.35. The highest BCUT2D eigenvalue weighted by Gasteiger charge is 2.08. The molecule has 5 heteroatoms. The van der Waals surface area contributed by atoms with Crippen molar-refractivity contribution in [3.63, 3.8) is 0 Å². The van der Waals surface area contributed by atoms with Crippen molar-refractivity contribution in [1.82, 2.24) is 10.3 Å². The second-order valence-electron chi connectivity index (χ2n) is 4.48. The van der Waals surface area contributed by atoms with Gasteiger partial charge in [0.25, 0.3) is 0 Å². The number of ether oxygens (including phenoxy) is 1. The van der Waals surface area contributed by atoms with Crippen LogP contribution in [-0.2, 0) is 6.54 Å². The lowest BCUT2D eigenvalue weighted by atomic mass is 10.1. The van der Waals surface area contributed by atoms with Gasteiger partial charge in [-0.05, 0) is 30.2 Å². The van der Waals surface area contributed by atoms with Crippen molar-refractivity contribution in [3.05, 3.63) is 58.5 Å². The molecule has 1 unspecified atom stereocenters. The van der Waals surface area contributed by atoms with Crippen LogP contribution in [0, 0.1) is 5.82 Å². The molecule has 1 heterocycles. The summed E-state index contributed by atoms with van der Waals surface area (Å²) in [5.41, 5.74) is 1.99. The monoisotopic (exact) mass is 294 g/mol. The molecule has 1 aromatic carbocycles. The smallest absolute Gasteiger partial charge is 0.212 e. The quantitative estimate of drug-likeness (QED) is 0.912. The fourth-order valence-electron chi connectivity index (χ4n) is 1.81. The second kappa shape index (κ2) is 6.68.